The summed E-state index contributed by atoms with van der Waals surface area (Å²) in [5.74, 6) is 0.581. The summed E-state index contributed by atoms with van der Waals surface area (Å²) >= 11 is 0. The van der Waals surface area contributed by atoms with Crippen molar-refractivity contribution in [2.45, 2.75) is 64.7 Å². The molecule has 0 unspecified atom stereocenters. The average molecular weight is 240 g/mol. The van der Waals surface area contributed by atoms with E-state index in [2.05, 4.69) is 0 Å². The Hall–Kier alpha value is -0.860. The van der Waals surface area contributed by atoms with Crippen LogP contribution in [-0.4, -0.2) is 18.4 Å². The minimum atomic E-state index is -0.141. The molecule has 0 aromatic carbocycles. The van der Waals surface area contributed by atoms with E-state index in [1.54, 1.807) is 0 Å². The van der Waals surface area contributed by atoms with Gasteiger partial charge in [-0.25, -0.2) is 0 Å². The van der Waals surface area contributed by atoms with Crippen LogP contribution >= 0.6 is 0 Å². The summed E-state index contributed by atoms with van der Waals surface area (Å²) in [7, 11) is 0. The average Bonchev–Trinajstić information content (AvgIpc) is 2.36. The lowest BCUT2D eigenvalue weighted by atomic mass is 9.84. The number of rotatable bonds is 7. The molecule has 1 fully saturated rings. The quantitative estimate of drug-likeness (QED) is 0.506. The molecule has 0 saturated heterocycles. The molecule has 0 radical (unpaired) electrons. The lowest BCUT2D eigenvalue weighted by Crippen LogP contribution is -2.17. The first kappa shape index (κ1) is 14.2. The van der Waals surface area contributed by atoms with Crippen LogP contribution in [0.2, 0.25) is 0 Å². The Morgan fingerprint density at radius 1 is 1.06 bits per heavy atom. The summed E-state index contributed by atoms with van der Waals surface area (Å²) in [6.45, 7) is 2.25. The third-order valence-electron chi connectivity index (χ3n) is 3.42. The van der Waals surface area contributed by atoms with Gasteiger partial charge in [-0.3, -0.25) is 9.59 Å². The Morgan fingerprint density at radius 3 is 2.35 bits per heavy atom. The molecule has 0 spiro atoms. The largest absolute Gasteiger partial charge is 0.466 e. The van der Waals surface area contributed by atoms with Crippen molar-refractivity contribution in [1.29, 1.82) is 0 Å². The molecule has 1 saturated carbocycles. The van der Waals surface area contributed by atoms with Gasteiger partial charge in [0.25, 0.3) is 0 Å². The van der Waals surface area contributed by atoms with Crippen molar-refractivity contribution >= 4 is 11.8 Å². The van der Waals surface area contributed by atoms with Crippen molar-refractivity contribution in [3.8, 4) is 0 Å². The van der Waals surface area contributed by atoms with Crippen molar-refractivity contribution in [2.24, 2.45) is 5.92 Å². The Morgan fingerprint density at radius 2 is 1.71 bits per heavy atom. The van der Waals surface area contributed by atoms with Crippen molar-refractivity contribution in [1.82, 2.24) is 0 Å². The number of ketones is 1. The highest BCUT2D eigenvalue weighted by molar-refractivity contribution is 5.81. The third kappa shape index (κ3) is 5.85. The maximum atomic E-state index is 11.9. The number of esters is 1. The molecule has 3 heteroatoms. The molecule has 0 aromatic rings. The Bertz CT molecular complexity index is 242. The van der Waals surface area contributed by atoms with Gasteiger partial charge in [0.1, 0.15) is 5.78 Å². The molecule has 0 aliphatic heterocycles. The molecular weight excluding hydrogens is 216 g/mol. The zero-order chi connectivity index (χ0) is 12.5. The summed E-state index contributed by atoms with van der Waals surface area (Å²) < 4.78 is 4.84. The molecule has 1 aliphatic carbocycles. The van der Waals surface area contributed by atoms with E-state index in [-0.39, 0.29) is 5.97 Å². The molecule has 0 amide bonds. The van der Waals surface area contributed by atoms with Gasteiger partial charge in [0.05, 0.1) is 6.61 Å². The number of unbranched alkanes of at least 4 members (excludes halogenated alkanes) is 1. The number of carbonyl (C=O) groups is 2. The van der Waals surface area contributed by atoms with E-state index in [1.807, 2.05) is 6.92 Å². The maximum absolute atomic E-state index is 11.9. The van der Waals surface area contributed by atoms with E-state index in [0.717, 1.165) is 25.7 Å². The standard InChI is InChI=1S/C14H24O3/c1-2-17-14(16)11-7-6-10-13(15)12-8-4-3-5-9-12/h12H,2-11H2,1H3. The van der Waals surface area contributed by atoms with Crippen molar-refractivity contribution < 1.29 is 14.3 Å². The first-order chi connectivity index (χ1) is 8.24. The Balaban J connectivity index is 2.05. The fourth-order valence-electron chi connectivity index (χ4n) is 2.43. The predicted molar refractivity (Wildman–Crippen MR) is 66.7 cm³/mol. The highest BCUT2D eigenvalue weighted by atomic mass is 16.5. The van der Waals surface area contributed by atoms with Crippen LogP contribution in [0.15, 0.2) is 0 Å². The van der Waals surface area contributed by atoms with Gasteiger partial charge >= 0.3 is 5.97 Å². The van der Waals surface area contributed by atoms with E-state index in [9.17, 15) is 9.59 Å². The van der Waals surface area contributed by atoms with E-state index in [1.165, 1.54) is 19.3 Å². The summed E-state index contributed by atoms with van der Waals surface area (Å²) in [6.07, 6.45) is 8.56. The van der Waals surface area contributed by atoms with Gasteiger partial charge < -0.3 is 4.74 Å². The fourth-order valence-corrected chi connectivity index (χ4v) is 2.43. The highest BCUT2D eigenvalue weighted by Crippen LogP contribution is 2.25. The van der Waals surface area contributed by atoms with Crippen molar-refractivity contribution in [2.75, 3.05) is 6.61 Å². The minimum Gasteiger partial charge on any atom is -0.466 e. The summed E-state index contributed by atoms with van der Waals surface area (Å²) in [6, 6.07) is 0. The van der Waals surface area contributed by atoms with Crippen LogP contribution in [0.25, 0.3) is 0 Å². The van der Waals surface area contributed by atoms with Gasteiger partial charge in [0.2, 0.25) is 0 Å². The van der Waals surface area contributed by atoms with E-state index in [4.69, 9.17) is 4.74 Å². The normalized spacial score (nSPS) is 16.8. The van der Waals surface area contributed by atoms with Crippen LogP contribution in [0.4, 0.5) is 0 Å². The van der Waals surface area contributed by atoms with Gasteiger partial charge in [0.15, 0.2) is 0 Å². The molecule has 0 bridgehead atoms. The van der Waals surface area contributed by atoms with E-state index in [0.29, 0.717) is 31.1 Å². The van der Waals surface area contributed by atoms with Crippen molar-refractivity contribution in [3.05, 3.63) is 0 Å². The molecular formula is C14H24O3. The molecule has 0 N–H and O–H groups in total. The minimum absolute atomic E-state index is 0.141. The topological polar surface area (TPSA) is 43.4 Å². The SMILES string of the molecule is CCOC(=O)CCCCC(=O)C1CCCCC1. The smallest absolute Gasteiger partial charge is 0.305 e. The number of hydrogen-bond donors (Lipinski definition) is 0. The lowest BCUT2D eigenvalue weighted by Gasteiger charge is -2.20. The van der Waals surface area contributed by atoms with Gasteiger partial charge in [-0.15, -0.1) is 0 Å². The van der Waals surface area contributed by atoms with Crippen LogP contribution in [-0.2, 0) is 14.3 Å². The second kappa shape index (κ2) is 8.26. The molecule has 0 aromatic heterocycles. The van der Waals surface area contributed by atoms with E-state index < -0.39 is 0 Å². The van der Waals surface area contributed by atoms with E-state index >= 15 is 0 Å². The van der Waals surface area contributed by atoms with Gasteiger partial charge in [-0.2, -0.15) is 0 Å². The zero-order valence-electron chi connectivity index (χ0n) is 10.9. The van der Waals surface area contributed by atoms with Crippen LogP contribution in [0.1, 0.15) is 64.7 Å². The highest BCUT2D eigenvalue weighted by Gasteiger charge is 2.20. The number of hydrogen-bond acceptors (Lipinski definition) is 3. The molecule has 1 aliphatic rings. The molecule has 98 valence electrons. The van der Waals surface area contributed by atoms with Crippen LogP contribution in [0.5, 0.6) is 0 Å². The number of ether oxygens (including phenoxy) is 1. The summed E-state index contributed by atoms with van der Waals surface area (Å²) in [4.78, 5) is 22.9. The van der Waals surface area contributed by atoms with Crippen molar-refractivity contribution in [3.63, 3.8) is 0 Å². The number of carbonyl (C=O) groups excluding carboxylic acids is 2. The first-order valence-electron chi connectivity index (χ1n) is 6.92. The maximum Gasteiger partial charge on any atom is 0.305 e. The van der Waals surface area contributed by atoms with Gasteiger partial charge in [-0.1, -0.05) is 19.3 Å². The van der Waals surface area contributed by atoms with Gasteiger partial charge in [-0.05, 0) is 32.6 Å². The zero-order valence-corrected chi connectivity index (χ0v) is 10.9. The summed E-state index contributed by atoms with van der Waals surface area (Å²) in [5.41, 5.74) is 0. The van der Waals surface area contributed by atoms with Crippen LogP contribution in [0.3, 0.4) is 0 Å². The molecule has 1 rings (SSSR count). The molecule has 0 heterocycles. The molecule has 0 atom stereocenters. The summed E-state index contributed by atoms with van der Waals surface area (Å²) in [5, 5.41) is 0. The monoisotopic (exact) mass is 240 g/mol. The Kier molecular flexibility index (Phi) is 6.90. The molecule has 3 nitrogen and oxygen atoms in total. The third-order valence-corrected chi connectivity index (χ3v) is 3.42. The number of Topliss-reactive ketones (excluding diaryl/α,β-unsaturated/α-hetero) is 1. The fraction of sp³-hybridized carbons (Fsp3) is 0.857. The van der Waals surface area contributed by atoms with Crippen LogP contribution in [0, 0.1) is 5.92 Å². The second-order valence-corrected chi connectivity index (χ2v) is 4.81. The molecule has 17 heavy (non-hydrogen) atoms. The van der Waals surface area contributed by atoms with Crippen LogP contribution < -0.4 is 0 Å². The lowest BCUT2D eigenvalue weighted by molar-refractivity contribution is -0.143. The first-order valence-corrected chi connectivity index (χ1v) is 6.92. The second-order valence-electron chi connectivity index (χ2n) is 4.81. The Labute approximate surface area is 104 Å². The van der Waals surface area contributed by atoms with Gasteiger partial charge in [0, 0.05) is 18.8 Å². The predicted octanol–water partition coefficient (Wildman–Crippen LogP) is 3.26.